The van der Waals surface area contributed by atoms with Crippen LogP contribution >= 0.6 is 11.3 Å². The van der Waals surface area contributed by atoms with Gasteiger partial charge < -0.3 is 4.90 Å². The van der Waals surface area contributed by atoms with Crippen LogP contribution in [0.5, 0.6) is 0 Å². The minimum atomic E-state index is 0.0669. The van der Waals surface area contributed by atoms with Gasteiger partial charge in [0.2, 0.25) is 5.91 Å². The molecule has 1 aromatic carbocycles. The number of rotatable bonds is 2. The zero-order valence-corrected chi connectivity index (χ0v) is 12.8. The third kappa shape index (κ3) is 1.88. The zero-order valence-electron chi connectivity index (χ0n) is 11.9. The van der Waals surface area contributed by atoms with E-state index < -0.39 is 0 Å². The highest BCUT2D eigenvalue weighted by Crippen LogP contribution is 2.34. The average Bonchev–Trinajstić information content (AvgIpc) is 3.19. The molecule has 3 aromatic rings. The summed E-state index contributed by atoms with van der Waals surface area (Å²) in [5.74, 6) is 0.0669. The molecule has 6 heteroatoms. The van der Waals surface area contributed by atoms with Crippen molar-refractivity contribution in [2.75, 3.05) is 11.4 Å². The van der Waals surface area contributed by atoms with Gasteiger partial charge in [-0.15, -0.1) is 11.3 Å². The smallest absolute Gasteiger partial charge is 0.223 e. The molecule has 0 radical (unpaired) electrons. The Morgan fingerprint density at radius 3 is 3.05 bits per heavy atom. The Morgan fingerprint density at radius 2 is 2.27 bits per heavy atom. The molecule has 5 nitrogen and oxygen atoms in total. The van der Waals surface area contributed by atoms with E-state index in [1.165, 1.54) is 16.9 Å². The standard InChI is InChI=1S/C16H13N3O2S/c1-10(21)18-5-4-11-2-3-12(6-14(11)18)15-9-22-16-17-13(8-20)7-19(15)16/h2-3,6-9H,4-5H2,1H3. The molecule has 0 aliphatic carbocycles. The Labute approximate surface area is 130 Å². The highest BCUT2D eigenvalue weighted by Gasteiger charge is 2.23. The van der Waals surface area contributed by atoms with Crippen molar-refractivity contribution in [2.24, 2.45) is 0 Å². The number of aromatic nitrogens is 2. The van der Waals surface area contributed by atoms with Gasteiger partial charge in [-0.1, -0.05) is 12.1 Å². The Kier molecular flexibility index (Phi) is 2.87. The Hall–Kier alpha value is -2.47. The van der Waals surface area contributed by atoms with Gasteiger partial charge in [0.15, 0.2) is 11.2 Å². The maximum absolute atomic E-state index is 11.7. The summed E-state index contributed by atoms with van der Waals surface area (Å²) in [6.45, 7) is 2.34. The molecule has 0 fully saturated rings. The molecule has 0 atom stereocenters. The minimum Gasteiger partial charge on any atom is -0.312 e. The molecule has 0 N–H and O–H groups in total. The summed E-state index contributed by atoms with van der Waals surface area (Å²) in [7, 11) is 0. The second kappa shape index (κ2) is 4.78. The number of benzene rings is 1. The fourth-order valence-corrected chi connectivity index (χ4v) is 3.82. The molecule has 1 aliphatic rings. The van der Waals surface area contributed by atoms with Crippen LogP contribution in [0.1, 0.15) is 23.0 Å². The van der Waals surface area contributed by atoms with E-state index in [1.54, 1.807) is 13.1 Å². The number of nitrogens with zero attached hydrogens (tertiary/aromatic N) is 3. The molecule has 2 aromatic heterocycles. The van der Waals surface area contributed by atoms with Gasteiger partial charge in [-0.25, -0.2) is 4.98 Å². The molecule has 0 spiro atoms. The van der Waals surface area contributed by atoms with Crippen LogP contribution in [0.15, 0.2) is 29.8 Å². The van der Waals surface area contributed by atoms with E-state index in [-0.39, 0.29) is 5.91 Å². The maximum atomic E-state index is 11.7. The number of fused-ring (bicyclic) bond motifs is 2. The molecule has 0 bridgehead atoms. The molecule has 22 heavy (non-hydrogen) atoms. The van der Waals surface area contributed by atoms with Crippen molar-refractivity contribution in [3.05, 3.63) is 41.0 Å². The van der Waals surface area contributed by atoms with E-state index in [1.807, 2.05) is 20.7 Å². The lowest BCUT2D eigenvalue weighted by molar-refractivity contribution is -0.116. The van der Waals surface area contributed by atoms with E-state index in [0.29, 0.717) is 5.69 Å². The van der Waals surface area contributed by atoms with Crippen molar-refractivity contribution in [1.29, 1.82) is 0 Å². The van der Waals surface area contributed by atoms with E-state index >= 15 is 0 Å². The van der Waals surface area contributed by atoms with Gasteiger partial charge >= 0.3 is 0 Å². The average molecular weight is 311 g/mol. The number of hydrogen-bond donors (Lipinski definition) is 0. The number of carbonyl (C=O) groups excluding carboxylic acids is 2. The first kappa shape index (κ1) is 13.2. The van der Waals surface area contributed by atoms with Crippen molar-refractivity contribution in [3.8, 4) is 11.3 Å². The third-order valence-corrected chi connectivity index (χ3v) is 4.85. The SMILES string of the molecule is CC(=O)N1CCc2ccc(-c3csc4nc(C=O)cn34)cc21. The lowest BCUT2D eigenvalue weighted by Crippen LogP contribution is -2.25. The molecule has 110 valence electrons. The summed E-state index contributed by atoms with van der Waals surface area (Å²) in [6.07, 6.45) is 3.39. The monoisotopic (exact) mass is 311 g/mol. The molecule has 0 saturated heterocycles. The molecule has 3 heterocycles. The highest BCUT2D eigenvalue weighted by atomic mass is 32.1. The van der Waals surface area contributed by atoms with Crippen molar-refractivity contribution < 1.29 is 9.59 Å². The molecular weight excluding hydrogens is 298 g/mol. The van der Waals surface area contributed by atoms with Crippen LogP contribution < -0.4 is 4.90 Å². The maximum Gasteiger partial charge on any atom is 0.223 e. The van der Waals surface area contributed by atoms with Crippen LogP contribution in [0.2, 0.25) is 0 Å². The fraction of sp³-hybridized carbons (Fsp3) is 0.188. The number of imidazole rings is 1. The van der Waals surface area contributed by atoms with Crippen molar-refractivity contribution >= 4 is 34.2 Å². The summed E-state index contributed by atoms with van der Waals surface area (Å²) in [5.41, 5.74) is 4.62. The van der Waals surface area contributed by atoms with Crippen LogP contribution in [0.25, 0.3) is 16.2 Å². The summed E-state index contributed by atoms with van der Waals surface area (Å²) >= 11 is 1.50. The van der Waals surface area contributed by atoms with Gasteiger partial charge in [0, 0.05) is 36.3 Å². The largest absolute Gasteiger partial charge is 0.312 e. The second-order valence-corrected chi connectivity index (χ2v) is 6.16. The third-order valence-electron chi connectivity index (χ3n) is 4.01. The zero-order chi connectivity index (χ0) is 15.3. The van der Waals surface area contributed by atoms with Crippen molar-refractivity contribution in [3.63, 3.8) is 0 Å². The molecule has 1 aliphatic heterocycles. The van der Waals surface area contributed by atoms with Crippen LogP contribution in [0, 0.1) is 0 Å². The summed E-state index contributed by atoms with van der Waals surface area (Å²) in [6, 6.07) is 6.19. The Balaban J connectivity index is 1.85. The first-order valence-corrected chi connectivity index (χ1v) is 7.88. The van der Waals surface area contributed by atoms with Gasteiger partial charge in [0.05, 0.1) is 5.69 Å². The van der Waals surface area contributed by atoms with Crippen LogP contribution in [0.4, 0.5) is 5.69 Å². The quantitative estimate of drug-likeness (QED) is 0.684. The lowest BCUT2D eigenvalue weighted by atomic mass is 10.1. The van der Waals surface area contributed by atoms with Gasteiger partial charge in [0.1, 0.15) is 5.69 Å². The van der Waals surface area contributed by atoms with Gasteiger partial charge in [0.25, 0.3) is 0 Å². The van der Waals surface area contributed by atoms with Crippen LogP contribution in [-0.2, 0) is 11.2 Å². The number of anilines is 1. The number of aldehydes is 1. The van der Waals surface area contributed by atoms with Crippen molar-refractivity contribution in [1.82, 2.24) is 9.38 Å². The highest BCUT2D eigenvalue weighted by molar-refractivity contribution is 7.15. The summed E-state index contributed by atoms with van der Waals surface area (Å²) in [5, 5.41) is 2.02. The van der Waals surface area contributed by atoms with E-state index in [9.17, 15) is 9.59 Å². The second-order valence-electron chi connectivity index (χ2n) is 5.32. The predicted molar refractivity (Wildman–Crippen MR) is 85.6 cm³/mol. The van der Waals surface area contributed by atoms with Crippen molar-refractivity contribution in [2.45, 2.75) is 13.3 Å². The lowest BCUT2D eigenvalue weighted by Gasteiger charge is -2.15. The van der Waals surface area contributed by atoms with Gasteiger partial charge in [-0.05, 0) is 18.1 Å². The Bertz CT molecular complexity index is 909. The van der Waals surface area contributed by atoms with E-state index in [4.69, 9.17) is 0 Å². The predicted octanol–water partition coefficient (Wildman–Crippen LogP) is 2.78. The topological polar surface area (TPSA) is 54.7 Å². The van der Waals surface area contributed by atoms with E-state index in [0.717, 1.165) is 41.2 Å². The summed E-state index contributed by atoms with van der Waals surface area (Å²) in [4.78, 5) is 29.5. The summed E-state index contributed by atoms with van der Waals surface area (Å²) < 4.78 is 1.92. The first-order chi connectivity index (χ1) is 10.7. The number of amides is 1. The van der Waals surface area contributed by atoms with Gasteiger partial charge in [-0.2, -0.15) is 0 Å². The molecular formula is C16H13N3O2S. The Morgan fingerprint density at radius 1 is 1.41 bits per heavy atom. The fourth-order valence-electron chi connectivity index (χ4n) is 2.93. The number of thiazole rings is 1. The normalized spacial score (nSPS) is 13.6. The number of hydrogen-bond acceptors (Lipinski definition) is 4. The molecule has 0 saturated carbocycles. The first-order valence-electron chi connectivity index (χ1n) is 7.00. The van der Waals surface area contributed by atoms with Crippen LogP contribution in [-0.4, -0.2) is 28.1 Å². The van der Waals surface area contributed by atoms with Crippen LogP contribution in [0.3, 0.4) is 0 Å². The molecule has 0 unspecified atom stereocenters. The minimum absolute atomic E-state index is 0.0669. The van der Waals surface area contributed by atoms with E-state index in [2.05, 4.69) is 17.1 Å². The molecule has 1 amide bonds. The molecule has 4 rings (SSSR count). The van der Waals surface area contributed by atoms with Gasteiger partial charge in [-0.3, -0.25) is 14.0 Å². The number of carbonyl (C=O) groups is 2.